The molecule has 0 unspecified atom stereocenters. The first-order chi connectivity index (χ1) is 10.3. The molecule has 5 nitrogen and oxygen atoms in total. The molecule has 2 heterocycles. The van der Waals surface area contributed by atoms with E-state index in [9.17, 15) is 0 Å². The third-order valence-electron chi connectivity index (χ3n) is 4.91. The van der Waals surface area contributed by atoms with E-state index in [-0.39, 0.29) is 11.2 Å². The number of benzene rings is 1. The number of anilines is 2. The van der Waals surface area contributed by atoms with Crippen molar-refractivity contribution in [2.24, 2.45) is 0 Å². The Morgan fingerprint density at radius 2 is 1.64 bits per heavy atom. The number of morpholine rings is 1. The van der Waals surface area contributed by atoms with E-state index in [1.807, 2.05) is 12.1 Å². The van der Waals surface area contributed by atoms with Crippen molar-refractivity contribution in [1.82, 2.24) is 0 Å². The molecule has 3 rings (SSSR count). The lowest BCUT2D eigenvalue weighted by Gasteiger charge is -2.32. The third kappa shape index (κ3) is 2.71. The van der Waals surface area contributed by atoms with Crippen LogP contribution in [-0.4, -0.2) is 44.6 Å². The molecule has 1 aromatic carbocycles. The lowest BCUT2D eigenvalue weighted by Crippen LogP contribution is -2.43. The number of rotatable bonds is 2. The fraction of sp³-hybridized carbons (Fsp3) is 0.625. The van der Waals surface area contributed by atoms with Gasteiger partial charge in [-0.1, -0.05) is 0 Å². The van der Waals surface area contributed by atoms with Crippen molar-refractivity contribution in [2.45, 2.75) is 38.9 Å². The molecule has 2 aliphatic heterocycles. The third-order valence-corrected chi connectivity index (χ3v) is 4.91. The predicted octanol–water partition coefficient (Wildman–Crippen LogP) is 1.40. The maximum atomic E-state index is 6.20. The molecule has 0 spiro atoms. The van der Waals surface area contributed by atoms with E-state index in [2.05, 4.69) is 38.7 Å². The monoisotopic (exact) mass is 304 g/mol. The molecule has 22 heavy (non-hydrogen) atoms. The standard InChI is InChI=1S/C16H25BN2O3/c1-15(2)16(3,4)22-17(21-15)13-11-12(18)5-6-14(13)19-7-9-20-10-8-19/h5-6,11H,7-10,18H2,1-4H3. The molecule has 1 aromatic rings. The molecule has 6 heteroatoms. The van der Waals surface area contributed by atoms with Gasteiger partial charge in [0.1, 0.15) is 0 Å². The molecular formula is C16H25BN2O3. The Balaban J connectivity index is 1.94. The van der Waals surface area contributed by atoms with Crippen LogP contribution in [0.2, 0.25) is 0 Å². The second-order valence-corrected chi connectivity index (χ2v) is 7.01. The number of nitrogen functional groups attached to an aromatic ring is 1. The maximum absolute atomic E-state index is 6.20. The fourth-order valence-electron chi connectivity index (χ4n) is 2.82. The van der Waals surface area contributed by atoms with Crippen LogP contribution < -0.4 is 16.1 Å². The van der Waals surface area contributed by atoms with Crippen LogP contribution in [0.3, 0.4) is 0 Å². The highest BCUT2D eigenvalue weighted by Crippen LogP contribution is 2.37. The number of nitrogens with zero attached hydrogens (tertiary/aromatic N) is 1. The van der Waals surface area contributed by atoms with Gasteiger partial charge in [0, 0.05) is 29.9 Å². The summed E-state index contributed by atoms with van der Waals surface area (Å²) in [6.45, 7) is 11.5. The van der Waals surface area contributed by atoms with E-state index in [1.54, 1.807) is 0 Å². The van der Waals surface area contributed by atoms with Gasteiger partial charge in [-0.15, -0.1) is 0 Å². The van der Waals surface area contributed by atoms with Gasteiger partial charge >= 0.3 is 7.12 Å². The van der Waals surface area contributed by atoms with E-state index in [0.717, 1.165) is 43.1 Å². The summed E-state index contributed by atoms with van der Waals surface area (Å²) < 4.78 is 17.8. The molecule has 0 radical (unpaired) electrons. The van der Waals surface area contributed by atoms with Gasteiger partial charge in [-0.3, -0.25) is 0 Å². The van der Waals surface area contributed by atoms with Gasteiger partial charge in [-0.2, -0.15) is 0 Å². The zero-order valence-corrected chi connectivity index (χ0v) is 13.9. The minimum absolute atomic E-state index is 0.357. The van der Waals surface area contributed by atoms with Crippen LogP contribution in [0.1, 0.15) is 27.7 Å². The smallest absolute Gasteiger partial charge is 0.399 e. The second-order valence-electron chi connectivity index (χ2n) is 7.01. The maximum Gasteiger partial charge on any atom is 0.497 e. The van der Waals surface area contributed by atoms with Crippen molar-refractivity contribution < 1.29 is 14.0 Å². The Bertz CT molecular complexity index is 540. The van der Waals surface area contributed by atoms with Crippen LogP contribution in [0.4, 0.5) is 11.4 Å². The van der Waals surface area contributed by atoms with Crippen LogP contribution in [0.25, 0.3) is 0 Å². The lowest BCUT2D eigenvalue weighted by atomic mass is 9.77. The van der Waals surface area contributed by atoms with Crippen LogP contribution in [0, 0.1) is 0 Å². The van der Waals surface area contributed by atoms with Gasteiger partial charge in [0.05, 0.1) is 24.4 Å². The van der Waals surface area contributed by atoms with Gasteiger partial charge < -0.3 is 24.7 Å². The first-order valence-electron chi connectivity index (χ1n) is 7.88. The summed E-state index contributed by atoms with van der Waals surface area (Å²) >= 11 is 0. The Morgan fingerprint density at radius 1 is 1.05 bits per heavy atom. The summed E-state index contributed by atoms with van der Waals surface area (Å²) in [4.78, 5) is 2.31. The molecule has 0 atom stereocenters. The van der Waals surface area contributed by atoms with Gasteiger partial charge in [0.2, 0.25) is 0 Å². The van der Waals surface area contributed by atoms with E-state index in [1.165, 1.54) is 0 Å². The molecule has 2 N–H and O–H groups in total. The highest BCUT2D eigenvalue weighted by Gasteiger charge is 2.52. The Labute approximate surface area is 132 Å². The zero-order chi connectivity index (χ0) is 16.0. The predicted molar refractivity (Wildman–Crippen MR) is 89.6 cm³/mol. The van der Waals surface area contributed by atoms with Gasteiger partial charge in [-0.25, -0.2) is 0 Å². The average Bonchev–Trinajstić information content (AvgIpc) is 2.68. The molecule has 2 aliphatic rings. The average molecular weight is 304 g/mol. The molecule has 0 aliphatic carbocycles. The van der Waals surface area contributed by atoms with Crippen molar-refractivity contribution in [3.63, 3.8) is 0 Å². The van der Waals surface area contributed by atoms with Crippen molar-refractivity contribution >= 4 is 24.0 Å². The van der Waals surface area contributed by atoms with Crippen molar-refractivity contribution in [2.75, 3.05) is 36.9 Å². The molecule has 0 saturated carbocycles. The molecule has 2 saturated heterocycles. The summed E-state index contributed by atoms with van der Waals surface area (Å²) in [5, 5.41) is 0. The summed E-state index contributed by atoms with van der Waals surface area (Å²) in [6.07, 6.45) is 0. The normalized spacial score (nSPS) is 23.8. The Kier molecular flexibility index (Phi) is 3.87. The minimum atomic E-state index is -0.397. The zero-order valence-electron chi connectivity index (χ0n) is 13.9. The van der Waals surface area contributed by atoms with E-state index in [4.69, 9.17) is 19.8 Å². The summed E-state index contributed by atoms with van der Waals surface area (Å²) in [5.41, 5.74) is 8.14. The highest BCUT2D eigenvalue weighted by atomic mass is 16.7. The molecule has 120 valence electrons. The molecular weight excluding hydrogens is 279 g/mol. The lowest BCUT2D eigenvalue weighted by molar-refractivity contribution is 0.00578. The Hall–Kier alpha value is -1.24. The number of ether oxygens (including phenoxy) is 1. The van der Waals surface area contributed by atoms with Crippen molar-refractivity contribution in [3.05, 3.63) is 18.2 Å². The van der Waals surface area contributed by atoms with Crippen LogP contribution in [-0.2, 0) is 14.0 Å². The van der Waals surface area contributed by atoms with Crippen molar-refractivity contribution in [3.8, 4) is 0 Å². The highest BCUT2D eigenvalue weighted by molar-refractivity contribution is 6.64. The quantitative estimate of drug-likeness (QED) is 0.661. The second kappa shape index (κ2) is 5.44. The van der Waals surface area contributed by atoms with Crippen LogP contribution in [0.5, 0.6) is 0 Å². The summed E-state index contributed by atoms with van der Waals surface area (Å²) in [6, 6.07) is 5.95. The molecule has 0 aromatic heterocycles. The van der Waals surface area contributed by atoms with Crippen LogP contribution >= 0.6 is 0 Å². The van der Waals surface area contributed by atoms with E-state index in [0.29, 0.717) is 0 Å². The summed E-state index contributed by atoms with van der Waals surface area (Å²) in [7, 11) is -0.397. The molecule has 0 bridgehead atoms. The van der Waals surface area contributed by atoms with E-state index >= 15 is 0 Å². The first kappa shape index (κ1) is 15.7. The molecule has 2 fully saturated rings. The van der Waals surface area contributed by atoms with Gasteiger partial charge in [-0.05, 0) is 45.9 Å². The number of nitrogens with two attached hydrogens (primary N) is 1. The van der Waals surface area contributed by atoms with Crippen molar-refractivity contribution in [1.29, 1.82) is 0 Å². The first-order valence-corrected chi connectivity index (χ1v) is 7.88. The van der Waals surface area contributed by atoms with Gasteiger partial charge in [0.15, 0.2) is 0 Å². The molecule has 0 amide bonds. The minimum Gasteiger partial charge on any atom is -0.399 e. The van der Waals surface area contributed by atoms with Crippen LogP contribution in [0.15, 0.2) is 18.2 Å². The summed E-state index contributed by atoms with van der Waals surface area (Å²) in [5.74, 6) is 0. The largest absolute Gasteiger partial charge is 0.497 e. The number of hydrogen-bond acceptors (Lipinski definition) is 5. The Morgan fingerprint density at radius 3 is 2.23 bits per heavy atom. The topological polar surface area (TPSA) is 57.0 Å². The SMILES string of the molecule is CC1(C)OB(c2cc(N)ccc2N2CCOCC2)OC1(C)C. The number of hydrogen-bond donors (Lipinski definition) is 1. The fourth-order valence-corrected chi connectivity index (χ4v) is 2.82. The van der Waals surface area contributed by atoms with E-state index < -0.39 is 7.12 Å². The van der Waals surface area contributed by atoms with Gasteiger partial charge in [0.25, 0.3) is 0 Å².